The molecule has 0 aliphatic carbocycles. The van der Waals surface area contributed by atoms with Gasteiger partial charge >= 0.3 is 0 Å². The second kappa shape index (κ2) is 4.23. The zero-order valence-electron chi connectivity index (χ0n) is 9.40. The van der Waals surface area contributed by atoms with Crippen LogP contribution in [-0.2, 0) is 0 Å². The lowest BCUT2D eigenvalue weighted by Gasteiger charge is -2.08. The maximum atomic E-state index is 5.76. The van der Waals surface area contributed by atoms with E-state index in [2.05, 4.69) is 11.1 Å². The van der Waals surface area contributed by atoms with Gasteiger partial charge in [-0.3, -0.25) is 0 Å². The highest BCUT2D eigenvalue weighted by atomic mass is 16.5. The molecule has 0 radical (unpaired) electrons. The van der Waals surface area contributed by atoms with Gasteiger partial charge in [-0.25, -0.2) is 4.98 Å². The number of nitrogen functional groups attached to an aromatic ring is 1. The molecule has 0 bridgehead atoms. The summed E-state index contributed by atoms with van der Waals surface area (Å²) in [6.07, 6.45) is 1.66. The Hall–Kier alpha value is -2.03. The molecule has 0 spiro atoms. The van der Waals surface area contributed by atoms with Gasteiger partial charge in [0.2, 0.25) is 5.88 Å². The van der Waals surface area contributed by atoms with Crippen molar-refractivity contribution in [2.75, 3.05) is 5.73 Å². The van der Waals surface area contributed by atoms with Crippen molar-refractivity contribution in [2.24, 2.45) is 0 Å². The van der Waals surface area contributed by atoms with Gasteiger partial charge in [0.15, 0.2) is 0 Å². The summed E-state index contributed by atoms with van der Waals surface area (Å²) < 4.78 is 5.63. The summed E-state index contributed by atoms with van der Waals surface area (Å²) in [5.41, 5.74) is 8.61. The molecule has 0 amide bonds. The predicted molar refractivity (Wildman–Crippen MR) is 64.6 cm³/mol. The second-order valence-electron chi connectivity index (χ2n) is 3.82. The predicted octanol–water partition coefficient (Wildman–Crippen LogP) is 3.07. The number of aryl methyl sites for hydroxylation is 2. The molecule has 0 saturated carbocycles. The fraction of sp³-hybridized carbons (Fsp3) is 0.154. The van der Waals surface area contributed by atoms with Gasteiger partial charge in [0.05, 0.1) is 5.69 Å². The largest absolute Gasteiger partial charge is 0.437 e. The molecule has 0 aliphatic rings. The minimum Gasteiger partial charge on any atom is -0.437 e. The number of nitrogens with two attached hydrogens (primary N) is 1. The molecule has 0 fully saturated rings. The van der Waals surface area contributed by atoms with E-state index < -0.39 is 0 Å². The monoisotopic (exact) mass is 214 g/mol. The molecule has 3 heteroatoms. The van der Waals surface area contributed by atoms with Crippen LogP contribution in [0.2, 0.25) is 0 Å². The first kappa shape index (κ1) is 10.5. The molecule has 0 unspecified atom stereocenters. The third-order valence-corrected chi connectivity index (χ3v) is 2.21. The lowest BCUT2D eigenvalue weighted by Crippen LogP contribution is -1.94. The van der Waals surface area contributed by atoms with Crippen LogP contribution in [0.4, 0.5) is 5.69 Å². The molecule has 1 aromatic carbocycles. The van der Waals surface area contributed by atoms with E-state index in [-0.39, 0.29) is 0 Å². The highest BCUT2D eigenvalue weighted by molar-refractivity contribution is 5.49. The molecule has 0 aliphatic heterocycles. The van der Waals surface area contributed by atoms with E-state index in [1.807, 2.05) is 26.0 Å². The average molecular weight is 214 g/mol. The number of aromatic nitrogens is 1. The van der Waals surface area contributed by atoms with Crippen LogP contribution in [0.25, 0.3) is 0 Å². The number of pyridine rings is 1. The molecule has 2 rings (SSSR count). The molecule has 0 saturated heterocycles. The number of rotatable bonds is 2. The number of benzene rings is 1. The topological polar surface area (TPSA) is 48.1 Å². The van der Waals surface area contributed by atoms with E-state index in [0.29, 0.717) is 11.6 Å². The minimum absolute atomic E-state index is 0.451. The van der Waals surface area contributed by atoms with Crippen molar-refractivity contribution in [3.8, 4) is 11.6 Å². The average Bonchev–Trinajstić information content (AvgIpc) is 2.20. The lowest BCUT2D eigenvalue weighted by atomic mass is 10.1. The highest BCUT2D eigenvalue weighted by Gasteiger charge is 2.03. The van der Waals surface area contributed by atoms with Crippen LogP contribution in [0.3, 0.4) is 0 Å². The molecule has 2 N–H and O–H groups in total. The van der Waals surface area contributed by atoms with Crippen molar-refractivity contribution in [3.63, 3.8) is 0 Å². The Morgan fingerprint density at radius 2 is 1.81 bits per heavy atom. The van der Waals surface area contributed by atoms with Gasteiger partial charge in [0.25, 0.3) is 0 Å². The summed E-state index contributed by atoms with van der Waals surface area (Å²) in [5, 5.41) is 0. The smallest absolute Gasteiger partial charge is 0.242 e. The van der Waals surface area contributed by atoms with Crippen LogP contribution in [0.5, 0.6) is 11.6 Å². The zero-order chi connectivity index (χ0) is 11.5. The quantitative estimate of drug-likeness (QED) is 0.835. The van der Waals surface area contributed by atoms with Gasteiger partial charge in [-0.05, 0) is 49.2 Å². The van der Waals surface area contributed by atoms with E-state index in [1.54, 1.807) is 18.3 Å². The number of anilines is 1. The summed E-state index contributed by atoms with van der Waals surface area (Å²) in [5.74, 6) is 1.22. The molecule has 0 atom stereocenters. The Labute approximate surface area is 94.9 Å². The van der Waals surface area contributed by atoms with Crippen LogP contribution in [0.1, 0.15) is 11.1 Å². The molecular weight excluding hydrogens is 200 g/mol. The van der Waals surface area contributed by atoms with E-state index in [0.717, 1.165) is 16.9 Å². The van der Waals surface area contributed by atoms with E-state index in [4.69, 9.17) is 10.5 Å². The molecule has 1 aromatic heterocycles. The third-order valence-electron chi connectivity index (χ3n) is 2.21. The Bertz CT molecular complexity index is 489. The first-order chi connectivity index (χ1) is 7.65. The lowest BCUT2D eigenvalue weighted by molar-refractivity contribution is 0.465. The molecule has 2 aromatic rings. The Kier molecular flexibility index (Phi) is 2.77. The Balaban J connectivity index is 2.30. The first-order valence-electron chi connectivity index (χ1n) is 5.12. The third kappa shape index (κ3) is 2.31. The van der Waals surface area contributed by atoms with Gasteiger partial charge in [-0.1, -0.05) is 6.07 Å². The van der Waals surface area contributed by atoms with Gasteiger partial charge in [0, 0.05) is 6.20 Å². The van der Waals surface area contributed by atoms with Crippen LogP contribution in [-0.4, -0.2) is 4.98 Å². The standard InChI is InChI=1S/C13H14N2O/c1-9-6-10(2)8-11(7-9)16-13-12(14)4-3-5-15-13/h3-8H,14H2,1-2H3. The molecular formula is C13H14N2O. The van der Waals surface area contributed by atoms with Crippen molar-refractivity contribution >= 4 is 5.69 Å². The minimum atomic E-state index is 0.451. The maximum absolute atomic E-state index is 5.76. The van der Waals surface area contributed by atoms with Gasteiger partial charge in [-0.2, -0.15) is 0 Å². The molecule has 16 heavy (non-hydrogen) atoms. The fourth-order valence-electron chi connectivity index (χ4n) is 1.59. The van der Waals surface area contributed by atoms with Crippen LogP contribution in [0, 0.1) is 13.8 Å². The SMILES string of the molecule is Cc1cc(C)cc(Oc2ncccc2N)c1. The molecule has 1 heterocycles. The zero-order valence-corrected chi connectivity index (χ0v) is 9.40. The van der Waals surface area contributed by atoms with Crippen LogP contribution >= 0.6 is 0 Å². The summed E-state index contributed by atoms with van der Waals surface area (Å²) in [7, 11) is 0. The van der Waals surface area contributed by atoms with E-state index >= 15 is 0 Å². The van der Waals surface area contributed by atoms with E-state index in [9.17, 15) is 0 Å². The van der Waals surface area contributed by atoms with Gasteiger partial charge < -0.3 is 10.5 Å². The van der Waals surface area contributed by atoms with Crippen molar-refractivity contribution in [2.45, 2.75) is 13.8 Å². The van der Waals surface area contributed by atoms with Crippen molar-refractivity contribution in [3.05, 3.63) is 47.7 Å². The summed E-state index contributed by atoms with van der Waals surface area (Å²) in [4.78, 5) is 4.09. The van der Waals surface area contributed by atoms with E-state index in [1.165, 1.54) is 0 Å². The number of hydrogen-bond acceptors (Lipinski definition) is 3. The van der Waals surface area contributed by atoms with Crippen molar-refractivity contribution in [1.82, 2.24) is 4.98 Å². The fourth-order valence-corrected chi connectivity index (χ4v) is 1.59. The summed E-state index contributed by atoms with van der Waals surface area (Å²) in [6, 6.07) is 9.56. The Morgan fingerprint density at radius 3 is 2.44 bits per heavy atom. The van der Waals surface area contributed by atoms with Gasteiger partial charge in [-0.15, -0.1) is 0 Å². The maximum Gasteiger partial charge on any atom is 0.242 e. The number of hydrogen-bond donors (Lipinski definition) is 1. The Morgan fingerprint density at radius 1 is 1.12 bits per heavy atom. The first-order valence-corrected chi connectivity index (χ1v) is 5.12. The normalized spacial score (nSPS) is 10.1. The summed E-state index contributed by atoms with van der Waals surface area (Å²) in [6.45, 7) is 4.06. The highest BCUT2D eigenvalue weighted by Crippen LogP contribution is 2.25. The van der Waals surface area contributed by atoms with Gasteiger partial charge in [0.1, 0.15) is 5.75 Å². The number of nitrogens with zero attached hydrogens (tertiary/aromatic N) is 1. The molecule has 82 valence electrons. The number of ether oxygens (including phenoxy) is 1. The van der Waals surface area contributed by atoms with Crippen molar-refractivity contribution < 1.29 is 4.74 Å². The van der Waals surface area contributed by atoms with Crippen LogP contribution in [0.15, 0.2) is 36.5 Å². The second-order valence-corrected chi connectivity index (χ2v) is 3.82. The van der Waals surface area contributed by atoms with Crippen molar-refractivity contribution in [1.29, 1.82) is 0 Å². The van der Waals surface area contributed by atoms with Crippen LogP contribution < -0.4 is 10.5 Å². The molecule has 3 nitrogen and oxygen atoms in total. The summed E-state index contributed by atoms with van der Waals surface area (Å²) >= 11 is 0.